The highest BCUT2D eigenvalue weighted by molar-refractivity contribution is 4.87. The van der Waals surface area contributed by atoms with Gasteiger partial charge in [-0.2, -0.15) is 0 Å². The Bertz CT molecular complexity index is 58.6. The maximum Gasteiger partial charge on any atom is 0.102 e. The summed E-state index contributed by atoms with van der Waals surface area (Å²) in [6.45, 7) is 1.98. The maximum absolute atomic E-state index is 8.40. The van der Waals surface area contributed by atoms with Crippen molar-refractivity contribution in [3.05, 3.63) is 11.8 Å². The van der Waals surface area contributed by atoms with Crippen molar-refractivity contribution < 1.29 is 5.11 Å². The van der Waals surface area contributed by atoms with E-state index < -0.39 is 0 Å². The lowest BCUT2D eigenvalue weighted by Crippen LogP contribution is -2.00. The van der Waals surface area contributed by atoms with E-state index in [2.05, 4.69) is 0 Å². The normalized spacial score (nSPS) is 12.0. The lowest BCUT2D eigenvalue weighted by Gasteiger charge is -1.85. The van der Waals surface area contributed by atoms with Crippen molar-refractivity contribution in [2.75, 3.05) is 6.54 Å². The molecule has 0 atom stereocenters. The molecule has 0 radical (unpaired) electrons. The Labute approximate surface area is 37.3 Å². The van der Waals surface area contributed by atoms with Crippen LogP contribution in [0, 0.1) is 0 Å². The van der Waals surface area contributed by atoms with E-state index in [0.29, 0.717) is 0 Å². The average molecular weight is 87.1 g/mol. The zero-order chi connectivity index (χ0) is 4.99. The van der Waals surface area contributed by atoms with E-state index >= 15 is 0 Å². The minimum absolute atomic E-state index is 0.245. The molecule has 0 saturated carbocycles. The van der Waals surface area contributed by atoms with Gasteiger partial charge < -0.3 is 10.8 Å². The number of rotatable bonds is 1. The average Bonchev–Trinajstić information content (AvgIpc) is 1.65. The monoisotopic (exact) mass is 87.1 g/mol. The van der Waals surface area contributed by atoms with Crippen LogP contribution in [0.5, 0.6) is 0 Å². The van der Waals surface area contributed by atoms with E-state index in [4.69, 9.17) is 10.8 Å². The first-order valence-electron chi connectivity index (χ1n) is 1.85. The third kappa shape index (κ3) is 1.79. The van der Waals surface area contributed by atoms with E-state index in [1.807, 2.05) is 0 Å². The summed E-state index contributed by atoms with van der Waals surface area (Å²) in [6, 6.07) is 0. The fraction of sp³-hybridized carbons (Fsp3) is 0.500. The van der Waals surface area contributed by atoms with Crippen LogP contribution in [0.2, 0.25) is 0 Å². The molecule has 0 aromatic rings. The van der Waals surface area contributed by atoms with Gasteiger partial charge in [-0.25, -0.2) is 0 Å². The molecule has 0 aliphatic carbocycles. The number of allylic oxidation sites excluding steroid dienone is 1. The molecule has 0 heterocycles. The third-order valence-corrected chi connectivity index (χ3v) is 0.542. The molecule has 0 rings (SSSR count). The summed E-state index contributed by atoms with van der Waals surface area (Å²) in [5.74, 6) is 0.245. The molecule has 0 aromatic heterocycles. The van der Waals surface area contributed by atoms with Gasteiger partial charge in [0.1, 0.15) is 5.76 Å². The van der Waals surface area contributed by atoms with Gasteiger partial charge in [-0.3, -0.25) is 0 Å². The number of nitrogens with two attached hydrogens (primary N) is 1. The van der Waals surface area contributed by atoms with Gasteiger partial charge in [0.05, 0.1) is 6.54 Å². The summed E-state index contributed by atoms with van der Waals surface area (Å²) in [5, 5.41) is 8.40. The second kappa shape index (κ2) is 2.72. The Kier molecular flexibility index (Phi) is 2.50. The van der Waals surface area contributed by atoms with E-state index in [0.717, 1.165) is 0 Å². The standard InChI is InChI=1S/C4H9NO/c1-2-4(6)3-5/h2,6H,3,5H2,1H3. The minimum atomic E-state index is 0.245. The van der Waals surface area contributed by atoms with Crippen molar-refractivity contribution in [3.63, 3.8) is 0 Å². The zero-order valence-electron chi connectivity index (χ0n) is 3.81. The summed E-state index contributed by atoms with van der Waals surface area (Å²) in [5.41, 5.74) is 4.96. The second-order valence-corrected chi connectivity index (χ2v) is 0.984. The highest BCUT2D eigenvalue weighted by Gasteiger charge is 1.76. The SMILES string of the molecule is CC=C(O)CN. The Hall–Kier alpha value is -0.500. The molecule has 0 aromatic carbocycles. The van der Waals surface area contributed by atoms with Crippen LogP contribution in [-0.2, 0) is 0 Å². The van der Waals surface area contributed by atoms with Crippen LogP contribution < -0.4 is 5.73 Å². The van der Waals surface area contributed by atoms with Gasteiger partial charge >= 0.3 is 0 Å². The largest absolute Gasteiger partial charge is 0.511 e. The van der Waals surface area contributed by atoms with E-state index in [1.165, 1.54) is 0 Å². The molecule has 0 aliphatic heterocycles. The molecule has 0 fully saturated rings. The summed E-state index contributed by atoms with van der Waals surface area (Å²) < 4.78 is 0. The molecule has 2 nitrogen and oxygen atoms in total. The van der Waals surface area contributed by atoms with Gasteiger partial charge in [0.2, 0.25) is 0 Å². The van der Waals surface area contributed by atoms with Crippen LogP contribution >= 0.6 is 0 Å². The number of hydrogen-bond acceptors (Lipinski definition) is 2. The quantitative estimate of drug-likeness (QED) is 0.455. The summed E-state index contributed by atoms with van der Waals surface area (Å²) in [6.07, 6.45) is 1.57. The van der Waals surface area contributed by atoms with Crippen LogP contribution in [0.3, 0.4) is 0 Å². The number of hydrogen-bond donors (Lipinski definition) is 2. The molecule has 36 valence electrons. The maximum atomic E-state index is 8.40. The zero-order valence-corrected chi connectivity index (χ0v) is 3.81. The smallest absolute Gasteiger partial charge is 0.102 e. The molecule has 0 saturated heterocycles. The van der Waals surface area contributed by atoms with Crippen LogP contribution in [0.4, 0.5) is 0 Å². The topological polar surface area (TPSA) is 46.2 Å². The summed E-state index contributed by atoms with van der Waals surface area (Å²) in [7, 11) is 0. The lowest BCUT2D eigenvalue weighted by molar-refractivity contribution is 0.402. The highest BCUT2D eigenvalue weighted by atomic mass is 16.3. The fourth-order valence-corrected chi connectivity index (χ4v) is 0.118. The van der Waals surface area contributed by atoms with Crippen molar-refractivity contribution in [2.45, 2.75) is 6.92 Å². The predicted molar refractivity (Wildman–Crippen MR) is 25.4 cm³/mol. The van der Waals surface area contributed by atoms with Crippen LogP contribution in [0.1, 0.15) is 6.92 Å². The number of aliphatic hydroxyl groups excluding tert-OH is 1. The van der Waals surface area contributed by atoms with Crippen molar-refractivity contribution >= 4 is 0 Å². The van der Waals surface area contributed by atoms with Crippen molar-refractivity contribution in [1.29, 1.82) is 0 Å². The third-order valence-electron chi connectivity index (χ3n) is 0.542. The first-order valence-corrected chi connectivity index (χ1v) is 1.85. The minimum Gasteiger partial charge on any atom is -0.511 e. The van der Waals surface area contributed by atoms with Crippen molar-refractivity contribution in [2.24, 2.45) is 5.73 Å². The van der Waals surface area contributed by atoms with Crippen LogP contribution in [-0.4, -0.2) is 11.7 Å². The predicted octanol–water partition coefficient (Wildman–Crippen LogP) is 0.407. The highest BCUT2D eigenvalue weighted by Crippen LogP contribution is 1.77. The Morgan fingerprint density at radius 1 is 2.00 bits per heavy atom. The second-order valence-electron chi connectivity index (χ2n) is 0.984. The molecular weight excluding hydrogens is 78.1 g/mol. The van der Waals surface area contributed by atoms with E-state index in [9.17, 15) is 0 Å². The molecule has 0 spiro atoms. The molecule has 0 unspecified atom stereocenters. The first-order chi connectivity index (χ1) is 2.81. The van der Waals surface area contributed by atoms with Gasteiger partial charge in [0, 0.05) is 0 Å². The molecule has 0 bridgehead atoms. The molecule has 0 aliphatic rings. The van der Waals surface area contributed by atoms with Gasteiger partial charge in [0.25, 0.3) is 0 Å². The molecule has 0 amide bonds. The first kappa shape index (κ1) is 5.50. The Balaban J connectivity index is 3.22. The fourth-order valence-electron chi connectivity index (χ4n) is 0.118. The Morgan fingerprint density at radius 2 is 2.50 bits per heavy atom. The van der Waals surface area contributed by atoms with E-state index in [1.54, 1.807) is 13.0 Å². The summed E-state index contributed by atoms with van der Waals surface area (Å²) >= 11 is 0. The molecule has 2 heteroatoms. The molecular formula is C4H9NO. The number of aliphatic hydroxyl groups is 1. The Morgan fingerprint density at radius 3 is 2.50 bits per heavy atom. The van der Waals surface area contributed by atoms with Crippen molar-refractivity contribution in [3.8, 4) is 0 Å². The van der Waals surface area contributed by atoms with E-state index in [-0.39, 0.29) is 12.3 Å². The molecule has 6 heavy (non-hydrogen) atoms. The van der Waals surface area contributed by atoms with Crippen LogP contribution in [0.25, 0.3) is 0 Å². The van der Waals surface area contributed by atoms with Crippen LogP contribution in [0.15, 0.2) is 11.8 Å². The van der Waals surface area contributed by atoms with Gasteiger partial charge in [-0.05, 0) is 13.0 Å². The molecule has 3 N–H and O–H groups in total. The lowest BCUT2D eigenvalue weighted by atomic mass is 10.5. The van der Waals surface area contributed by atoms with Crippen molar-refractivity contribution in [1.82, 2.24) is 0 Å². The van der Waals surface area contributed by atoms with Gasteiger partial charge in [-0.1, -0.05) is 0 Å². The van der Waals surface area contributed by atoms with Gasteiger partial charge in [-0.15, -0.1) is 0 Å². The van der Waals surface area contributed by atoms with Gasteiger partial charge in [0.15, 0.2) is 0 Å². The summed E-state index contributed by atoms with van der Waals surface area (Å²) in [4.78, 5) is 0.